The van der Waals surface area contributed by atoms with Gasteiger partial charge in [-0.3, -0.25) is 0 Å². The molecule has 0 amide bonds. The molecule has 0 spiro atoms. The lowest BCUT2D eigenvalue weighted by atomic mass is 9.68. The minimum Gasteiger partial charge on any atom is -0.204 e. The van der Waals surface area contributed by atoms with Gasteiger partial charge in [-0.15, -0.1) is 0 Å². The largest absolute Gasteiger partial charge is 0.204 e. The molecule has 0 saturated heterocycles. The van der Waals surface area contributed by atoms with Gasteiger partial charge in [-0.25, -0.2) is 8.78 Å². The molecular formula is C26H38F2. The molecule has 0 unspecified atom stereocenters. The highest BCUT2D eigenvalue weighted by atomic mass is 19.2. The zero-order chi connectivity index (χ0) is 19.8. The number of aryl methyl sites for hydroxylation is 1. The lowest BCUT2D eigenvalue weighted by Crippen LogP contribution is -2.25. The first-order valence-corrected chi connectivity index (χ1v) is 11.8. The van der Waals surface area contributed by atoms with Crippen molar-refractivity contribution in [1.29, 1.82) is 0 Å². The summed E-state index contributed by atoms with van der Waals surface area (Å²) in [6, 6.07) is 4.37. The Hall–Kier alpha value is -1.18. The molecular weight excluding hydrogens is 350 g/mol. The number of rotatable bonds is 8. The maximum atomic E-state index is 13.4. The molecule has 28 heavy (non-hydrogen) atoms. The van der Waals surface area contributed by atoms with E-state index in [0.29, 0.717) is 0 Å². The van der Waals surface area contributed by atoms with Crippen molar-refractivity contribution in [2.75, 3.05) is 0 Å². The van der Waals surface area contributed by atoms with Gasteiger partial charge < -0.3 is 0 Å². The minimum atomic E-state index is -0.740. The Morgan fingerprint density at radius 3 is 2.21 bits per heavy atom. The standard InChI is InChI=1S/C26H38F2/c1-2-3-4-5-6-20-9-14-23(15-10-20)24-16-11-21(12-17-24)7-8-22-13-18-25(27)26(28)19-22/h5-6,13,18-21,23-24H,2-4,7-12,14-17H2,1H3. The summed E-state index contributed by atoms with van der Waals surface area (Å²) in [5.74, 6) is 2.03. The zero-order valence-corrected chi connectivity index (χ0v) is 17.6. The molecule has 1 aromatic carbocycles. The molecule has 156 valence electrons. The molecule has 2 aliphatic carbocycles. The lowest BCUT2D eigenvalue weighted by molar-refractivity contribution is 0.152. The fourth-order valence-corrected chi connectivity index (χ4v) is 5.43. The Kier molecular flexibility index (Phi) is 8.55. The van der Waals surface area contributed by atoms with Crippen LogP contribution in [0.1, 0.15) is 89.5 Å². The molecule has 3 rings (SSSR count). The summed E-state index contributed by atoms with van der Waals surface area (Å²) in [7, 11) is 0. The summed E-state index contributed by atoms with van der Waals surface area (Å²) < 4.78 is 26.4. The van der Waals surface area contributed by atoms with Gasteiger partial charge in [0.1, 0.15) is 0 Å². The van der Waals surface area contributed by atoms with Gasteiger partial charge in [0.05, 0.1) is 0 Å². The van der Waals surface area contributed by atoms with Gasteiger partial charge in [-0.1, -0.05) is 50.8 Å². The fraction of sp³-hybridized carbons (Fsp3) is 0.692. The van der Waals surface area contributed by atoms with Crippen molar-refractivity contribution in [1.82, 2.24) is 0 Å². The van der Waals surface area contributed by atoms with Crippen LogP contribution in [0.3, 0.4) is 0 Å². The smallest absolute Gasteiger partial charge is 0.159 e. The molecule has 2 heteroatoms. The highest BCUT2D eigenvalue weighted by molar-refractivity contribution is 5.17. The molecule has 0 atom stereocenters. The van der Waals surface area contributed by atoms with E-state index in [-0.39, 0.29) is 0 Å². The monoisotopic (exact) mass is 388 g/mol. The Labute approximate surface area is 170 Å². The van der Waals surface area contributed by atoms with E-state index in [1.807, 2.05) is 0 Å². The zero-order valence-electron chi connectivity index (χ0n) is 17.6. The maximum Gasteiger partial charge on any atom is 0.159 e. The van der Waals surface area contributed by atoms with Crippen LogP contribution in [0.15, 0.2) is 30.4 Å². The van der Waals surface area contributed by atoms with E-state index in [4.69, 9.17) is 0 Å². The van der Waals surface area contributed by atoms with Gasteiger partial charge in [-0.2, -0.15) is 0 Å². The minimum absolute atomic E-state index is 0.711. The molecule has 1 aromatic rings. The highest BCUT2D eigenvalue weighted by Gasteiger charge is 2.30. The summed E-state index contributed by atoms with van der Waals surface area (Å²) in [5.41, 5.74) is 0.936. The molecule has 0 heterocycles. The van der Waals surface area contributed by atoms with Crippen LogP contribution in [-0.2, 0) is 6.42 Å². The lowest BCUT2D eigenvalue weighted by Gasteiger charge is -2.37. The normalized spacial score (nSPS) is 28.7. The summed E-state index contributed by atoms with van der Waals surface area (Å²) in [4.78, 5) is 0. The van der Waals surface area contributed by atoms with Gasteiger partial charge >= 0.3 is 0 Å². The van der Waals surface area contributed by atoms with Crippen LogP contribution in [0.5, 0.6) is 0 Å². The van der Waals surface area contributed by atoms with Gasteiger partial charge in [0, 0.05) is 0 Å². The van der Waals surface area contributed by atoms with Crippen LogP contribution in [0.25, 0.3) is 0 Å². The average Bonchev–Trinajstić information content (AvgIpc) is 2.73. The number of halogens is 2. The van der Waals surface area contributed by atoms with E-state index >= 15 is 0 Å². The van der Waals surface area contributed by atoms with Gasteiger partial charge in [0.25, 0.3) is 0 Å². The third-order valence-electron chi connectivity index (χ3n) is 7.33. The molecule has 0 nitrogen and oxygen atoms in total. The second kappa shape index (κ2) is 11.1. The number of hydrogen-bond donors (Lipinski definition) is 0. The van der Waals surface area contributed by atoms with Crippen molar-refractivity contribution in [2.24, 2.45) is 23.7 Å². The second-order valence-electron chi connectivity index (χ2n) is 9.31. The molecule has 0 aliphatic heterocycles. The predicted molar refractivity (Wildman–Crippen MR) is 114 cm³/mol. The highest BCUT2D eigenvalue weighted by Crippen LogP contribution is 2.42. The Morgan fingerprint density at radius 2 is 1.57 bits per heavy atom. The Bertz CT molecular complexity index is 605. The van der Waals surface area contributed by atoms with Crippen molar-refractivity contribution in [3.05, 3.63) is 47.5 Å². The number of benzene rings is 1. The van der Waals surface area contributed by atoms with E-state index in [0.717, 1.165) is 42.1 Å². The van der Waals surface area contributed by atoms with Crippen LogP contribution in [0.4, 0.5) is 8.78 Å². The summed E-state index contributed by atoms with van der Waals surface area (Å²) >= 11 is 0. The SMILES string of the molecule is CCCCC=CC1CCC(C2CCC(CCc3ccc(F)c(F)c3)CC2)CC1. The first-order chi connectivity index (χ1) is 13.7. The number of allylic oxidation sites excluding steroid dienone is 2. The molecule has 0 radical (unpaired) electrons. The topological polar surface area (TPSA) is 0 Å². The summed E-state index contributed by atoms with van der Waals surface area (Å²) in [6.07, 6.45) is 21.8. The van der Waals surface area contributed by atoms with Crippen molar-refractivity contribution in [3.63, 3.8) is 0 Å². The van der Waals surface area contributed by atoms with Crippen LogP contribution >= 0.6 is 0 Å². The van der Waals surface area contributed by atoms with E-state index in [9.17, 15) is 8.78 Å². The molecule has 0 N–H and O–H groups in total. The predicted octanol–water partition coefficient (Wildman–Crippen LogP) is 8.26. The van der Waals surface area contributed by atoms with E-state index in [1.54, 1.807) is 6.07 Å². The van der Waals surface area contributed by atoms with Gasteiger partial charge in [0.15, 0.2) is 11.6 Å². The third kappa shape index (κ3) is 6.42. The van der Waals surface area contributed by atoms with Crippen molar-refractivity contribution >= 4 is 0 Å². The first-order valence-electron chi connectivity index (χ1n) is 11.8. The van der Waals surface area contributed by atoms with Crippen LogP contribution in [-0.4, -0.2) is 0 Å². The van der Waals surface area contributed by atoms with Gasteiger partial charge in [0.2, 0.25) is 0 Å². The van der Waals surface area contributed by atoms with Crippen LogP contribution in [0.2, 0.25) is 0 Å². The van der Waals surface area contributed by atoms with Crippen molar-refractivity contribution in [2.45, 2.75) is 90.4 Å². The van der Waals surface area contributed by atoms with Crippen LogP contribution < -0.4 is 0 Å². The number of hydrogen-bond acceptors (Lipinski definition) is 0. The molecule has 2 aliphatic rings. The van der Waals surface area contributed by atoms with E-state index < -0.39 is 11.6 Å². The maximum absolute atomic E-state index is 13.4. The Morgan fingerprint density at radius 1 is 0.893 bits per heavy atom. The number of unbranched alkanes of at least 4 members (excludes halogenated alkanes) is 2. The fourth-order valence-electron chi connectivity index (χ4n) is 5.43. The third-order valence-corrected chi connectivity index (χ3v) is 7.33. The van der Waals surface area contributed by atoms with Crippen LogP contribution in [0, 0.1) is 35.3 Å². The summed E-state index contributed by atoms with van der Waals surface area (Å²) in [6.45, 7) is 2.26. The molecule has 0 aromatic heterocycles. The Balaban J connectivity index is 1.34. The van der Waals surface area contributed by atoms with Crippen molar-refractivity contribution in [3.8, 4) is 0 Å². The average molecular weight is 389 g/mol. The first kappa shape index (κ1) is 21.5. The quantitative estimate of drug-likeness (QED) is 0.310. The van der Waals surface area contributed by atoms with Crippen molar-refractivity contribution < 1.29 is 8.78 Å². The van der Waals surface area contributed by atoms with E-state index in [1.165, 1.54) is 82.8 Å². The summed E-state index contributed by atoms with van der Waals surface area (Å²) in [5, 5.41) is 0. The van der Waals surface area contributed by atoms with Gasteiger partial charge in [-0.05, 0) is 99.2 Å². The molecule has 2 saturated carbocycles. The van der Waals surface area contributed by atoms with E-state index in [2.05, 4.69) is 19.1 Å². The molecule has 0 bridgehead atoms. The second-order valence-corrected chi connectivity index (χ2v) is 9.31. The molecule has 2 fully saturated rings.